The van der Waals surface area contributed by atoms with E-state index in [2.05, 4.69) is 26.6 Å². The standard InChI is InChI=1S/C36H46N6O10/c1-4-20(2)31(41-36(51)52-19-26-24-12-7-5-10-22(24)23-11-6-8-13-25(23)26)34(48)39-21(3)32(46)38-16-29(44)37-17-30(45)42-15-9-14-28(42)33(47)40-27(18-43)35(49)50/h5-8,10-13,20-21,26-28,31,43H,4,9,14-19H2,1-3H3,(H,37,44)(H,38,46)(H,39,48)(H,40,47)(H,41,51)(H,49,50)/t20-,21-,27-,28-,31-/m0/s1. The summed E-state index contributed by atoms with van der Waals surface area (Å²) < 4.78 is 5.62. The Labute approximate surface area is 301 Å². The van der Waals surface area contributed by atoms with Crippen molar-refractivity contribution in [2.45, 2.75) is 70.1 Å². The molecule has 1 fully saturated rings. The maximum Gasteiger partial charge on any atom is 0.407 e. The van der Waals surface area contributed by atoms with Gasteiger partial charge in [-0.05, 0) is 47.9 Å². The van der Waals surface area contributed by atoms with E-state index in [0.717, 1.165) is 22.3 Å². The van der Waals surface area contributed by atoms with Crippen LogP contribution in [0.5, 0.6) is 0 Å². The van der Waals surface area contributed by atoms with Gasteiger partial charge in [-0.1, -0.05) is 68.8 Å². The number of benzene rings is 2. The van der Waals surface area contributed by atoms with Gasteiger partial charge in [0, 0.05) is 12.5 Å². The lowest BCUT2D eigenvalue weighted by atomic mass is 9.98. The van der Waals surface area contributed by atoms with Gasteiger partial charge in [0.05, 0.1) is 19.7 Å². The number of hydrogen-bond donors (Lipinski definition) is 7. The van der Waals surface area contributed by atoms with Crippen LogP contribution in [0.15, 0.2) is 48.5 Å². The summed E-state index contributed by atoms with van der Waals surface area (Å²) in [5.41, 5.74) is 4.25. The fraction of sp³-hybridized carbons (Fsp3) is 0.472. The molecule has 6 amide bonds. The van der Waals surface area contributed by atoms with Crippen LogP contribution in [0.4, 0.5) is 4.79 Å². The van der Waals surface area contributed by atoms with Crippen molar-refractivity contribution in [2.75, 3.05) is 32.8 Å². The number of aliphatic hydroxyl groups excluding tert-OH is 1. The Balaban J connectivity index is 1.22. The van der Waals surface area contributed by atoms with Crippen molar-refractivity contribution in [1.29, 1.82) is 0 Å². The summed E-state index contributed by atoms with van der Waals surface area (Å²) in [6.07, 6.45) is 0.520. The minimum absolute atomic E-state index is 0.0625. The molecule has 0 radical (unpaired) electrons. The second-order valence-electron chi connectivity index (χ2n) is 12.9. The maximum atomic E-state index is 13.3. The Morgan fingerprint density at radius 3 is 2.10 bits per heavy atom. The van der Waals surface area contributed by atoms with Gasteiger partial charge >= 0.3 is 12.1 Å². The van der Waals surface area contributed by atoms with Gasteiger partial charge in [0.1, 0.15) is 30.8 Å². The molecule has 0 saturated carbocycles. The molecule has 0 bridgehead atoms. The van der Waals surface area contributed by atoms with Crippen molar-refractivity contribution in [1.82, 2.24) is 31.5 Å². The van der Waals surface area contributed by atoms with Crippen molar-refractivity contribution in [3.63, 3.8) is 0 Å². The minimum Gasteiger partial charge on any atom is -0.480 e. The van der Waals surface area contributed by atoms with Gasteiger partial charge in [0.2, 0.25) is 29.5 Å². The van der Waals surface area contributed by atoms with Crippen LogP contribution >= 0.6 is 0 Å². The number of fused-ring (bicyclic) bond motifs is 3. The zero-order valence-electron chi connectivity index (χ0n) is 29.3. The minimum atomic E-state index is -1.51. The number of carboxylic acid groups (broad SMARTS) is 1. The van der Waals surface area contributed by atoms with E-state index in [4.69, 9.17) is 14.9 Å². The first-order valence-electron chi connectivity index (χ1n) is 17.3. The lowest BCUT2D eigenvalue weighted by molar-refractivity contribution is -0.144. The highest BCUT2D eigenvalue weighted by Crippen LogP contribution is 2.44. The van der Waals surface area contributed by atoms with Gasteiger partial charge in [0.25, 0.3) is 0 Å². The van der Waals surface area contributed by atoms with E-state index >= 15 is 0 Å². The molecule has 4 rings (SSSR count). The normalized spacial score (nSPS) is 17.0. The molecular weight excluding hydrogens is 676 g/mol. The molecule has 1 aliphatic carbocycles. The number of nitrogens with one attached hydrogen (secondary N) is 5. The average Bonchev–Trinajstić information content (AvgIpc) is 3.76. The molecule has 5 atom stereocenters. The number of alkyl carbamates (subject to hydrolysis) is 1. The number of ether oxygens (including phenoxy) is 1. The predicted molar refractivity (Wildman–Crippen MR) is 186 cm³/mol. The summed E-state index contributed by atoms with van der Waals surface area (Å²) in [5.74, 6) is -5.22. The molecule has 0 spiro atoms. The van der Waals surface area contributed by atoms with Gasteiger partial charge in [0.15, 0.2) is 0 Å². The Hall–Kier alpha value is -5.51. The third kappa shape index (κ3) is 9.63. The van der Waals surface area contributed by atoms with Crippen molar-refractivity contribution < 1.29 is 48.5 Å². The van der Waals surface area contributed by atoms with E-state index in [1.807, 2.05) is 55.5 Å². The monoisotopic (exact) mass is 722 g/mol. The van der Waals surface area contributed by atoms with Crippen LogP contribution < -0.4 is 26.6 Å². The Morgan fingerprint density at radius 1 is 0.865 bits per heavy atom. The van der Waals surface area contributed by atoms with Crippen LogP contribution in [-0.2, 0) is 33.5 Å². The number of aliphatic hydroxyl groups is 1. The molecule has 1 heterocycles. The molecule has 0 unspecified atom stereocenters. The van der Waals surface area contributed by atoms with Crippen LogP contribution in [0, 0.1) is 5.92 Å². The maximum absolute atomic E-state index is 13.3. The molecule has 7 N–H and O–H groups in total. The topological polar surface area (TPSA) is 233 Å². The highest BCUT2D eigenvalue weighted by molar-refractivity contribution is 5.94. The van der Waals surface area contributed by atoms with Crippen LogP contribution in [-0.4, -0.2) is 114 Å². The molecule has 2 aromatic carbocycles. The summed E-state index contributed by atoms with van der Waals surface area (Å²) in [6, 6.07) is 11.3. The molecule has 0 aromatic heterocycles. The van der Waals surface area contributed by atoms with E-state index in [1.54, 1.807) is 6.92 Å². The number of carbonyl (C=O) groups is 7. The van der Waals surface area contributed by atoms with Crippen LogP contribution in [0.2, 0.25) is 0 Å². The van der Waals surface area contributed by atoms with Crippen LogP contribution in [0.3, 0.4) is 0 Å². The summed E-state index contributed by atoms with van der Waals surface area (Å²) >= 11 is 0. The number of rotatable bonds is 16. The first-order chi connectivity index (χ1) is 24.9. The van der Waals surface area contributed by atoms with Gasteiger partial charge < -0.3 is 46.4 Å². The van der Waals surface area contributed by atoms with Gasteiger partial charge in [-0.3, -0.25) is 24.0 Å². The zero-order valence-corrected chi connectivity index (χ0v) is 29.3. The number of carbonyl (C=O) groups excluding carboxylic acids is 6. The van der Waals surface area contributed by atoms with Crippen LogP contribution in [0.1, 0.15) is 57.1 Å². The second kappa shape index (κ2) is 18.1. The quantitative estimate of drug-likeness (QED) is 0.125. The molecule has 16 nitrogen and oxygen atoms in total. The molecule has 52 heavy (non-hydrogen) atoms. The zero-order chi connectivity index (χ0) is 37.9. The number of likely N-dealkylation sites (tertiary alicyclic amines) is 1. The number of aliphatic carboxylic acids is 1. The summed E-state index contributed by atoms with van der Waals surface area (Å²) in [5, 5.41) is 30.4. The van der Waals surface area contributed by atoms with E-state index in [0.29, 0.717) is 12.8 Å². The SMILES string of the molecule is CC[C@H](C)[C@H](NC(=O)OCC1c2ccccc2-c2ccccc21)C(=O)N[C@@H](C)C(=O)NCC(=O)NCC(=O)N1CCC[C@H]1C(=O)N[C@@H](CO)C(=O)O. The molecule has 280 valence electrons. The highest BCUT2D eigenvalue weighted by Gasteiger charge is 2.36. The molecule has 16 heteroatoms. The first kappa shape index (κ1) is 39.3. The number of nitrogens with zero attached hydrogens (tertiary/aromatic N) is 1. The lowest BCUT2D eigenvalue weighted by Crippen LogP contribution is -2.55. The van der Waals surface area contributed by atoms with Crippen molar-refractivity contribution in [2.24, 2.45) is 5.92 Å². The van der Waals surface area contributed by atoms with Crippen molar-refractivity contribution >= 4 is 41.6 Å². The molecule has 1 saturated heterocycles. The van der Waals surface area contributed by atoms with E-state index in [9.17, 15) is 33.6 Å². The average molecular weight is 723 g/mol. The smallest absolute Gasteiger partial charge is 0.407 e. The molecule has 2 aliphatic rings. The summed E-state index contributed by atoms with van der Waals surface area (Å²) in [7, 11) is 0. The van der Waals surface area contributed by atoms with E-state index in [-0.39, 0.29) is 31.4 Å². The van der Waals surface area contributed by atoms with E-state index in [1.165, 1.54) is 11.8 Å². The molecule has 2 aromatic rings. The van der Waals surface area contributed by atoms with E-state index < -0.39 is 85.5 Å². The largest absolute Gasteiger partial charge is 0.480 e. The number of amides is 6. The number of carboxylic acids is 1. The predicted octanol–water partition coefficient (Wildman–Crippen LogP) is 0.230. The highest BCUT2D eigenvalue weighted by atomic mass is 16.5. The van der Waals surface area contributed by atoms with Crippen LogP contribution in [0.25, 0.3) is 11.1 Å². The van der Waals surface area contributed by atoms with Gasteiger partial charge in [-0.25, -0.2) is 9.59 Å². The third-order valence-corrected chi connectivity index (χ3v) is 9.40. The fourth-order valence-corrected chi connectivity index (χ4v) is 6.29. The Kier molecular flexibility index (Phi) is 13.7. The second-order valence-corrected chi connectivity index (χ2v) is 12.9. The van der Waals surface area contributed by atoms with Gasteiger partial charge in [-0.15, -0.1) is 0 Å². The van der Waals surface area contributed by atoms with Gasteiger partial charge in [-0.2, -0.15) is 0 Å². The number of hydrogen-bond acceptors (Lipinski definition) is 9. The van der Waals surface area contributed by atoms with Crippen molar-refractivity contribution in [3.05, 3.63) is 59.7 Å². The van der Waals surface area contributed by atoms with Crippen molar-refractivity contribution in [3.8, 4) is 11.1 Å². The Morgan fingerprint density at radius 2 is 1.50 bits per heavy atom. The Bertz CT molecular complexity index is 1620. The first-order valence-corrected chi connectivity index (χ1v) is 17.3. The third-order valence-electron chi connectivity index (χ3n) is 9.40. The molecular formula is C36H46N6O10. The molecule has 1 aliphatic heterocycles. The fourth-order valence-electron chi connectivity index (χ4n) is 6.29. The summed E-state index contributed by atoms with van der Waals surface area (Å²) in [6.45, 7) is 3.52. The lowest BCUT2D eigenvalue weighted by Gasteiger charge is -2.25. The summed E-state index contributed by atoms with van der Waals surface area (Å²) in [4.78, 5) is 89.0.